The lowest BCUT2D eigenvalue weighted by atomic mass is 9.96. The van der Waals surface area contributed by atoms with Gasteiger partial charge in [0.05, 0.1) is 34.7 Å². The molecule has 1 aliphatic rings. The number of hydrogen-bond acceptors (Lipinski definition) is 9. The second kappa shape index (κ2) is 18.8. The highest BCUT2D eigenvalue weighted by molar-refractivity contribution is 7.09. The molecule has 1 aliphatic carbocycles. The molecule has 1 saturated carbocycles. The predicted molar refractivity (Wildman–Crippen MR) is 199 cm³/mol. The summed E-state index contributed by atoms with van der Waals surface area (Å²) in [5.41, 5.74) is 5.08. The molecule has 0 saturated heterocycles. The van der Waals surface area contributed by atoms with Crippen molar-refractivity contribution in [2.75, 3.05) is 6.61 Å². The quantitative estimate of drug-likeness (QED) is 0.106. The average molecular weight is 733 g/mol. The lowest BCUT2D eigenvalue weighted by molar-refractivity contribution is -0.126. The molecule has 0 aliphatic heterocycles. The van der Waals surface area contributed by atoms with E-state index >= 15 is 0 Å². The number of carbonyl (C=O) groups excluding carboxylic acids is 3. The van der Waals surface area contributed by atoms with Gasteiger partial charge in [0, 0.05) is 35.4 Å². The van der Waals surface area contributed by atoms with Crippen molar-refractivity contribution in [1.82, 2.24) is 30.8 Å². The molecular formula is C38H48N6O5S2. The third-order valence-electron chi connectivity index (χ3n) is 8.37. The van der Waals surface area contributed by atoms with Crippen LogP contribution in [0.4, 0.5) is 9.59 Å². The van der Waals surface area contributed by atoms with Gasteiger partial charge in [0.2, 0.25) is 5.91 Å². The molecule has 2 aromatic carbocycles. The van der Waals surface area contributed by atoms with Gasteiger partial charge in [-0.15, -0.1) is 22.7 Å². The van der Waals surface area contributed by atoms with Gasteiger partial charge in [-0.3, -0.25) is 14.8 Å². The van der Waals surface area contributed by atoms with Crippen molar-refractivity contribution in [2.45, 2.75) is 102 Å². The van der Waals surface area contributed by atoms with E-state index in [-0.39, 0.29) is 43.3 Å². The first-order valence-electron chi connectivity index (χ1n) is 17.4. The summed E-state index contributed by atoms with van der Waals surface area (Å²) < 4.78 is 11.6. The molecule has 13 heteroatoms. The smallest absolute Gasteiger partial charge is 0.407 e. The Hall–Kier alpha value is -4.33. The minimum Gasteiger partial charge on any atom is -0.444 e. The average Bonchev–Trinajstić information content (AvgIpc) is 3.55. The monoisotopic (exact) mass is 732 g/mol. The van der Waals surface area contributed by atoms with E-state index < -0.39 is 17.7 Å². The second-order valence-electron chi connectivity index (χ2n) is 13.8. The van der Waals surface area contributed by atoms with Crippen LogP contribution in [0.5, 0.6) is 0 Å². The molecule has 3 unspecified atom stereocenters. The number of thiazole rings is 2. The minimum atomic E-state index is -0.919. The zero-order valence-corrected chi connectivity index (χ0v) is 31.1. The van der Waals surface area contributed by atoms with Gasteiger partial charge in [0.25, 0.3) is 0 Å². The molecule has 5 rings (SSSR count). The van der Waals surface area contributed by atoms with E-state index in [9.17, 15) is 14.4 Å². The Bertz CT molecular complexity index is 1630. The van der Waals surface area contributed by atoms with Crippen LogP contribution in [0.2, 0.25) is 0 Å². The van der Waals surface area contributed by atoms with Gasteiger partial charge in [-0.05, 0) is 70.4 Å². The molecule has 3 atom stereocenters. The number of nitrogens with one attached hydrogen (secondary N) is 3. The summed E-state index contributed by atoms with van der Waals surface area (Å²) in [5.74, 6) is -0.321. The highest BCUT2D eigenvalue weighted by atomic mass is 32.1. The van der Waals surface area contributed by atoms with Crippen molar-refractivity contribution < 1.29 is 23.9 Å². The molecule has 0 spiro atoms. The SMILES string of the molecule is CC(C)(C)OCC(NC(=O)N(Cc1cncs1)C1CC1)C(=O)NC(CCC(Cc1ccccc1)NC(=O)OCc1cncs1)Cc1ccccc1. The normalized spacial score (nSPS) is 14.6. The van der Waals surface area contributed by atoms with Gasteiger partial charge in [0.15, 0.2) is 0 Å². The van der Waals surface area contributed by atoms with Crippen LogP contribution in [0.1, 0.15) is 67.3 Å². The van der Waals surface area contributed by atoms with Crippen LogP contribution in [-0.4, -0.2) is 69.3 Å². The number of urea groups is 1. The highest BCUT2D eigenvalue weighted by Gasteiger charge is 2.35. The number of aromatic nitrogens is 2. The Morgan fingerprint density at radius 1 is 0.824 bits per heavy atom. The summed E-state index contributed by atoms with van der Waals surface area (Å²) in [6.07, 6.45) is 7.11. The first-order valence-corrected chi connectivity index (χ1v) is 19.1. The van der Waals surface area contributed by atoms with Crippen molar-refractivity contribution in [3.8, 4) is 0 Å². The molecule has 272 valence electrons. The number of ether oxygens (including phenoxy) is 2. The maximum absolute atomic E-state index is 14.1. The van der Waals surface area contributed by atoms with Crippen LogP contribution >= 0.6 is 22.7 Å². The zero-order chi connectivity index (χ0) is 36.1. The van der Waals surface area contributed by atoms with E-state index in [1.54, 1.807) is 28.3 Å². The second-order valence-corrected chi connectivity index (χ2v) is 15.7. The number of benzene rings is 2. The number of rotatable bonds is 18. The molecule has 2 heterocycles. The number of amides is 4. The number of hydrogen-bond donors (Lipinski definition) is 3. The number of alkyl carbamates (subject to hydrolysis) is 1. The first kappa shape index (κ1) is 37.9. The Balaban J connectivity index is 1.29. The summed E-state index contributed by atoms with van der Waals surface area (Å²) in [5, 5.41) is 9.30. The maximum atomic E-state index is 14.1. The molecule has 1 fully saturated rings. The van der Waals surface area contributed by atoms with Gasteiger partial charge in [-0.25, -0.2) is 9.59 Å². The topological polar surface area (TPSA) is 135 Å². The Morgan fingerprint density at radius 2 is 1.39 bits per heavy atom. The van der Waals surface area contributed by atoms with Crippen molar-refractivity contribution in [2.24, 2.45) is 0 Å². The summed E-state index contributed by atoms with van der Waals surface area (Å²) in [6, 6.07) is 18.3. The molecule has 0 bridgehead atoms. The predicted octanol–water partition coefficient (Wildman–Crippen LogP) is 6.50. The Morgan fingerprint density at radius 3 is 1.92 bits per heavy atom. The van der Waals surface area contributed by atoms with E-state index in [0.717, 1.165) is 33.7 Å². The largest absolute Gasteiger partial charge is 0.444 e. The first-order chi connectivity index (χ1) is 24.6. The van der Waals surface area contributed by atoms with Crippen LogP contribution in [0.25, 0.3) is 0 Å². The van der Waals surface area contributed by atoms with Crippen LogP contribution in [0.15, 0.2) is 84.1 Å². The molecular weight excluding hydrogens is 685 g/mol. The van der Waals surface area contributed by atoms with E-state index in [0.29, 0.717) is 32.2 Å². The summed E-state index contributed by atoms with van der Waals surface area (Å²) in [6.45, 7) is 6.36. The fourth-order valence-corrected chi connectivity index (χ4v) is 6.70. The van der Waals surface area contributed by atoms with Gasteiger partial charge >= 0.3 is 12.1 Å². The molecule has 11 nitrogen and oxygen atoms in total. The third kappa shape index (κ3) is 13.4. The van der Waals surface area contributed by atoms with E-state index in [2.05, 4.69) is 25.9 Å². The molecule has 4 amide bonds. The molecule has 0 radical (unpaired) electrons. The van der Waals surface area contributed by atoms with E-state index in [4.69, 9.17) is 9.47 Å². The van der Waals surface area contributed by atoms with Gasteiger partial charge in [-0.1, -0.05) is 60.7 Å². The maximum Gasteiger partial charge on any atom is 0.407 e. The van der Waals surface area contributed by atoms with Crippen LogP contribution in [0.3, 0.4) is 0 Å². The summed E-state index contributed by atoms with van der Waals surface area (Å²) >= 11 is 2.93. The number of nitrogens with zero attached hydrogens (tertiary/aromatic N) is 3. The lowest BCUT2D eigenvalue weighted by Crippen LogP contribution is -2.56. The van der Waals surface area contributed by atoms with Gasteiger partial charge in [0.1, 0.15) is 12.6 Å². The van der Waals surface area contributed by atoms with E-state index in [1.807, 2.05) is 81.4 Å². The van der Waals surface area contributed by atoms with Crippen molar-refractivity contribution in [3.05, 3.63) is 105 Å². The van der Waals surface area contributed by atoms with E-state index in [1.165, 1.54) is 22.7 Å². The van der Waals surface area contributed by atoms with Crippen LogP contribution < -0.4 is 16.0 Å². The van der Waals surface area contributed by atoms with Crippen LogP contribution in [-0.2, 0) is 40.3 Å². The number of carbonyl (C=O) groups is 3. The Labute approximate surface area is 308 Å². The fourth-order valence-electron chi connectivity index (χ4n) is 5.60. The Kier molecular flexibility index (Phi) is 14.0. The van der Waals surface area contributed by atoms with Crippen molar-refractivity contribution >= 4 is 40.7 Å². The molecule has 3 N–H and O–H groups in total. The lowest BCUT2D eigenvalue weighted by Gasteiger charge is -2.30. The van der Waals surface area contributed by atoms with Gasteiger partial charge < -0.3 is 30.3 Å². The third-order valence-corrected chi connectivity index (χ3v) is 9.88. The van der Waals surface area contributed by atoms with Crippen LogP contribution in [0, 0.1) is 0 Å². The zero-order valence-electron chi connectivity index (χ0n) is 29.5. The summed E-state index contributed by atoms with van der Waals surface area (Å²) in [7, 11) is 0. The van der Waals surface area contributed by atoms with Crippen molar-refractivity contribution in [1.29, 1.82) is 0 Å². The van der Waals surface area contributed by atoms with Crippen molar-refractivity contribution in [3.63, 3.8) is 0 Å². The fraction of sp³-hybridized carbons (Fsp3) is 0.447. The molecule has 4 aromatic rings. The molecule has 2 aromatic heterocycles. The minimum absolute atomic E-state index is 0.0159. The summed E-state index contributed by atoms with van der Waals surface area (Å²) in [4.78, 5) is 52.6. The molecule has 51 heavy (non-hydrogen) atoms. The van der Waals surface area contributed by atoms with Gasteiger partial charge in [-0.2, -0.15) is 0 Å². The standard InChI is InChI=1S/C38H48N6O5S2/c1-38(2,3)49-24-34(43-36(46)44(31-16-17-31)22-32-20-39-25-50-32)35(45)41-29(18-27-10-6-4-7-11-27)14-15-30(19-28-12-8-5-9-13-28)42-37(47)48-23-33-21-40-26-51-33/h4-13,20-21,25-26,29-31,34H,14-19,22-24H2,1-3H3,(H,41,45)(H,42,47)(H,43,46). The highest BCUT2D eigenvalue weighted by Crippen LogP contribution is 2.29.